The number of pyridine rings is 10. The summed E-state index contributed by atoms with van der Waals surface area (Å²) in [5.41, 5.74) is 22.8. The maximum Gasteiger partial charge on any atom is 0.0970 e. The van der Waals surface area contributed by atoms with Gasteiger partial charge in [0.05, 0.1) is 55.2 Å². The Bertz CT molecular complexity index is 5200. The van der Waals surface area contributed by atoms with Gasteiger partial charge in [0.1, 0.15) is 0 Å². The molecule has 0 fully saturated rings. The average Bonchev–Trinajstić information content (AvgIpc) is 0.773. The van der Waals surface area contributed by atoms with Gasteiger partial charge in [0, 0.05) is 128 Å². The van der Waals surface area contributed by atoms with E-state index in [0.29, 0.717) is 23.7 Å². The van der Waals surface area contributed by atoms with Crippen LogP contribution in [0, 0.1) is 27.7 Å². The Morgan fingerprint density at radius 3 is 0.816 bits per heavy atom. The van der Waals surface area contributed by atoms with Crippen LogP contribution in [0.5, 0.6) is 0 Å². The minimum Gasteiger partial charge on any atom is -0.254 e. The lowest BCUT2D eigenvalue weighted by Gasteiger charge is -2.20. The molecule has 10 nitrogen and oxygen atoms in total. The zero-order valence-electron chi connectivity index (χ0n) is 61.5. The number of fused-ring (bicyclic) bond motifs is 15. The van der Waals surface area contributed by atoms with Crippen molar-refractivity contribution >= 4 is 109 Å². The standard InChI is InChI=1S/2C20H24N2.C18H20N2.C16H16N2.C14H12N2/c1-19(2,3)15-11-9-13-7-8-14-10-12-16(20(4,5)6)22-18(14)17(13)21-15;1-11(2)17-9-13(5)15-7-8-16-14(6)10-18(12(3)4)22-20(16)19(15)21-17;1-11(2)15-9-7-13-5-6-14-8-10-16(12(3)4)20-18(14)17(13)19-15;1-16(2,3)13-9-8-12-7-6-11-5-4-10-17-14(11)15(12)18-13;1-9-3-5-11-7-8-12-6-4-10(2)16-14(12)13(11)15-9/h2*7-12H,1-6H3;5-12H,1-4H3;4-10H,1-3H3;3-8H,1-2H3. The molecular weight excluding hydrogens is 1200 g/mol. The highest BCUT2D eigenvalue weighted by atomic mass is 14.8. The summed E-state index contributed by atoms with van der Waals surface area (Å²) in [5.74, 6) is 1.71. The molecule has 10 heteroatoms. The van der Waals surface area contributed by atoms with Crippen LogP contribution in [0.3, 0.4) is 0 Å². The normalized spacial score (nSPS) is 12.1. The SMILES string of the molecule is CC(C)(C)c1ccc2ccc3ccc(C(C)(C)C)nc3c2n1.CC(C)(C)c1ccc2ccc3cccnc3c2n1.CC(C)c1ccc2ccc3ccc(C(C)C)nc3c2n1.Cc1cc(C(C)C)nc2c1ccc1c(C)cc(C(C)C)nc12.Cc1ccc2ccc3ccc(C)nc3c2n1. The Morgan fingerprint density at radius 1 is 0.245 bits per heavy atom. The van der Waals surface area contributed by atoms with E-state index in [2.05, 4.69) is 298 Å². The highest BCUT2D eigenvalue weighted by Crippen LogP contribution is 2.34. The van der Waals surface area contributed by atoms with Gasteiger partial charge in [0.15, 0.2) is 0 Å². The highest BCUT2D eigenvalue weighted by Gasteiger charge is 2.21. The van der Waals surface area contributed by atoms with Gasteiger partial charge in [-0.2, -0.15) is 0 Å². The first kappa shape index (κ1) is 69.5. The fraction of sp³-hybridized carbons (Fsp3) is 0.318. The summed E-state index contributed by atoms with van der Waals surface area (Å²) in [7, 11) is 0. The van der Waals surface area contributed by atoms with Gasteiger partial charge in [-0.15, -0.1) is 0 Å². The van der Waals surface area contributed by atoms with E-state index in [9.17, 15) is 0 Å². The molecule has 0 spiro atoms. The monoisotopic (exact) mass is 1290 g/mol. The molecule has 10 heterocycles. The number of aryl methyl sites for hydroxylation is 4. The third kappa shape index (κ3) is 15.2. The van der Waals surface area contributed by atoms with Gasteiger partial charge in [0.25, 0.3) is 0 Å². The topological polar surface area (TPSA) is 129 Å². The number of nitrogens with zero attached hydrogens (tertiary/aromatic N) is 10. The van der Waals surface area contributed by atoms with Crippen LogP contribution in [-0.4, -0.2) is 49.8 Å². The average molecular weight is 1290 g/mol. The predicted molar refractivity (Wildman–Crippen MR) is 417 cm³/mol. The quantitative estimate of drug-likeness (QED) is 0.157. The third-order valence-electron chi connectivity index (χ3n) is 18.2. The van der Waals surface area contributed by atoms with E-state index in [0.717, 1.165) is 150 Å². The first-order chi connectivity index (χ1) is 46.4. The number of hydrogen-bond donors (Lipinski definition) is 0. The molecule has 0 saturated carbocycles. The fourth-order valence-corrected chi connectivity index (χ4v) is 12.1. The van der Waals surface area contributed by atoms with Gasteiger partial charge in [-0.05, 0) is 123 Å². The summed E-state index contributed by atoms with van der Waals surface area (Å²) >= 11 is 0. The molecule has 0 radical (unpaired) electrons. The van der Waals surface area contributed by atoms with Crippen molar-refractivity contribution in [2.45, 2.75) is 185 Å². The second-order valence-corrected chi connectivity index (χ2v) is 30.8. The zero-order chi connectivity index (χ0) is 70.3. The molecule has 0 bridgehead atoms. The minimum atomic E-state index is 0.0397. The zero-order valence-corrected chi connectivity index (χ0v) is 61.5. The van der Waals surface area contributed by atoms with Crippen molar-refractivity contribution in [1.82, 2.24) is 49.8 Å². The van der Waals surface area contributed by atoms with E-state index < -0.39 is 0 Å². The van der Waals surface area contributed by atoms with E-state index >= 15 is 0 Å². The van der Waals surface area contributed by atoms with E-state index in [1.54, 1.807) is 0 Å². The molecule has 15 aromatic rings. The largest absolute Gasteiger partial charge is 0.254 e. The van der Waals surface area contributed by atoms with Crippen molar-refractivity contribution in [3.8, 4) is 0 Å². The number of aromatic nitrogens is 10. The molecule has 0 amide bonds. The van der Waals surface area contributed by atoms with Gasteiger partial charge in [0.2, 0.25) is 0 Å². The molecule has 98 heavy (non-hydrogen) atoms. The van der Waals surface area contributed by atoms with Crippen LogP contribution >= 0.6 is 0 Å². The Balaban J connectivity index is 0.000000124. The molecule has 498 valence electrons. The summed E-state index contributed by atoms with van der Waals surface area (Å²) in [4.78, 5) is 47.9. The van der Waals surface area contributed by atoms with Gasteiger partial charge < -0.3 is 0 Å². The second kappa shape index (κ2) is 28.0. The van der Waals surface area contributed by atoms with Gasteiger partial charge in [-0.1, -0.05) is 227 Å². The lowest BCUT2D eigenvalue weighted by atomic mass is 9.90. The summed E-state index contributed by atoms with van der Waals surface area (Å²) < 4.78 is 0. The van der Waals surface area contributed by atoms with Gasteiger partial charge >= 0.3 is 0 Å². The van der Waals surface area contributed by atoms with Crippen LogP contribution < -0.4 is 0 Å². The van der Waals surface area contributed by atoms with Crippen LogP contribution in [0.2, 0.25) is 0 Å². The first-order valence-electron chi connectivity index (χ1n) is 34.8. The molecule has 0 unspecified atom stereocenters. The van der Waals surface area contributed by atoms with Crippen LogP contribution in [-0.2, 0) is 16.2 Å². The molecule has 0 aliphatic rings. The van der Waals surface area contributed by atoms with Crippen LogP contribution in [0.15, 0.2) is 176 Å². The molecule has 10 aromatic heterocycles. The van der Waals surface area contributed by atoms with Crippen molar-refractivity contribution in [2.75, 3.05) is 0 Å². The number of benzene rings is 5. The van der Waals surface area contributed by atoms with Crippen molar-refractivity contribution < 1.29 is 0 Å². The van der Waals surface area contributed by atoms with Gasteiger partial charge in [-0.25, -0.2) is 15.0 Å². The highest BCUT2D eigenvalue weighted by molar-refractivity contribution is 6.07. The van der Waals surface area contributed by atoms with Crippen molar-refractivity contribution in [2.24, 2.45) is 0 Å². The smallest absolute Gasteiger partial charge is 0.0970 e. The van der Waals surface area contributed by atoms with Crippen molar-refractivity contribution in [3.05, 3.63) is 238 Å². The molecular formula is C88H96N10. The summed E-state index contributed by atoms with van der Waals surface area (Å²) in [6.45, 7) is 45.5. The molecule has 0 atom stereocenters. The van der Waals surface area contributed by atoms with E-state index in [1.165, 1.54) is 21.9 Å². The molecule has 15 rings (SSSR count). The third-order valence-corrected chi connectivity index (χ3v) is 18.2. The Morgan fingerprint density at radius 2 is 0.500 bits per heavy atom. The number of hydrogen-bond acceptors (Lipinski definition) is 10. The molecule has 0 N–H and O–H groups in total. The predicted octanol–water partition coefficient (Wildman–Crippen LogP) is 23.5. The summed E-state index contributed by atoms with van der Waals surface area (Å²) in [5, 5.41) is 11.6. The lowest BCUT2D eigenvalue weighted by Crippen LogP contribution is -2.14. The second-order valence-electron chi connectivity index (χ2n) is 30.8. The minimum absolute atomic E-state index is 0.0397. The molecule has 0 saturated heterocycles. The number of rotatable bonds is 4. The van der Waals surface area contributed by atoms with Crippen molar-refractivity contribution in [3.63, 3.8) is 0 Å². The Hall–Kier alpha value is -9.80. The molecule has 0 aliphatic heterocycles. The van der Waals surface area contributed by atoms with E-state index in [4.69, 9.17) is 34.9 Å². The maximum absolute atomic E-state index is 4.94. The van der Waals surface area contributed by atoms with Crippen LogP contribution in [0.4, 0.5) is 0 Å². The van der Waals surface area contributed by atoms with E-state index in [1.807, 2.05) is 38.2 Å². The van der Waals surface area contributed by atoms with E-state index in [-0.39, 0.29) is 16.2 Å². The molecule has 0 aliphatic carbocycles. The van der Waals surface area contributed by atoms with Crippen LogP contribution in [0.1, 0.15) is 204 Å². The van der Waals surface area contributed by atoms with Gasteiger partial charge in [-0.3, -0.25) is 34.9 Å². The summed E-state index contributed by atoms with van der Waals surface area (Å²) in [6, 6.07) is 59.4. The molecule has 5 aromatic carbocycles. The lowest BCUT2D eigenvalue weighted by molar-refractivity contribution is 0.570. The Kier molecular flexibility index (Phi) is 19.8. The van der Waals surface area contributed by atoms with Crippen LogP contribution in [0.25, 0.3) is 109 Å². The maximum atomic E-state index is 4.94. The Labute approximate surface area is 579 Å². The first-order valence-corrected chi connectivity index (χ1v) is 34.8. The summed E-state index contributed by atoms with van der Waals surface area (Å²) in [6.07, 6.45) is 1.83. The fourth-order valence-electron chi connectivity index (χ4n) is 12.1. The van der Waals surface area contributed by atoms with Crippen molar-refractivity contribution in [1.29, 1.82) is 0 Å².